The molecule has 2 aliphatic heterocycles. The van der Waals surface area contributed by atoms with Crippen molar-refractivity contribution >= 4 is 15.7 Å². The van der Waals surface area contributed by atoms with Crippen LogP contribution in [0.4, 0.5) is 0 Å². The van der Waals surface area contributed by atoms with Crippen molar-refractivity contribution in [3.05, 3.63) is 72.4 Å². The number of benzene rings is 2. The molecule has 33 heavy (non-hydrogen) atoms. The van der Waals surface area contributed by atoms with Gasteiger partial charge in [0.2, 0.25) is 0 Å². The maximum absolute atomic E-state index is 14.0. The molecule has 5 rings (SSSR count). The second-order valence-electron chi connectivity index (χ2n) is 8.68. The Morgan fingerprint density at radius 2 is 1.79 bits per heavy atom. The van der Waals surface area contributed by atoms with Crippen molar-refractivity contribution in [1.29, 1.82) is 0 Å². The van der Waals surface area contributed by atoms with E-state index in [1.807, 2.05) is 60.7 Å². The summed E-state index contributed by atoms with van der Waals surface area (Å²) in [7, 11) is -3.15. The first kappa shape index (κ1) is 21.9. The number of hydrogen-bond acceptors (Lipinski definition) is 5. The van der Waals surface area contributed by atoms with E-state index in [-0.39, 0.29) is 29.6 Å². The van der Waals surface area contributed by atoms with Crippen LogP contribution in [0.2, 0.25) is 0 Å². The summed E-state index contributed by atoms with van der Waals surface area (Å²) in [5.74, 6) is -0.109. The fourth-order valence-corrected chi connectivity index (χ4v) is 6.35. The fraction of sp³-hybridized carbons (Fsp3) is 0.360. The number of nitrogens with zero attached hydrogens (tertiary/aromatic N) is 3. The van der Waals surface area contributed by atoms with E-state index in [4.69, 9.17) is 9.84 Å². The molecule has 0 N–H and O–H groups in total. The molecule has 2 atom stereocenters. The highest BCUT2D eigenvalue weighted by atomic mass is 32.2. The summed E-state index contributed by atoms with van der Waals surface area (Å²) in [5.41, 5.74) is 2.80. The second-order valence-corrected chi connectivity index (χ2v) is 10.9. The summed E-state index contributed by atoms with van der Waals surface area (Å²) >= 11 is 0. The highest BCUT2D eigenvalue weighted by Gasteiger charge is 2.38. The summed E-state index contributed by atoms with van der Waals surface area (Å²) in [6.07, 6.45) is 2.21. The molecule has 8 heteroatoms. The van der Waals surface area contributed by atoms with E-state index in [0.29, 0.717) is 31.0 Å². The average molecular weight is 466 g/mol. The van der Waals surface area contributed by atoms with Gasteiger partial charge in [-0.2, -0.15) is 5.10 Å². The molecule has 2 aromatic carbocycles. The van der Waals surface area contributed by atoms with Crippen LogP contribution in [0.1, 0.15) is 29.8 Å². The molecular formula is C25H27N3O4S. The molecule has 0 bridgehead atoms. The van der Waals surface area contributed by atoms with Crippen LogP contribution in [-0.4, -0.2) is 65.8 Å². The lowest BCUT2D eigenvalue weighted by Gasteiger charge is -2.30. The van der Waals surface area contributed by atoms with Gasteiger partial charge in [0.1, 0.15) is 5.69 Å². The molecule has 1 aromatic heterocycles. The van der Waals surface area contributed by atoms with Crippen molar-refractivity contribution in [2.75, 3.05) is 24.7 Å². The molecule has 3 heterocycles. The fourth-order valence-electron chi connectivity index (χ4n) is 4.62. The lowest BCUT2D eigenvalue weighted by Crippen LogP contribution is -2.45. The lowest BCUT2D eigenvalue weighted by molar-refractivity contribution is 0.0434. The van der Waals surface area contributed by atoms with Gasteiger partial charge in [0.15, 0.2) is 9.84 Å². The zero-order valence-corrected chi connectivity index (χ0v) is 19.2. The molecule has 0 radical (unpaired) electrons. The zero-order chi connectivity index (χ0) is 22.8. The molecule has 0 spiro atoms. The molecule has 0 unspecified atom stereocenters. The Labute approximate surface area is 193 Å². The first-order valence-electron chi connectivity index (χ1n) is 11.3. The molecule has 0 saturated carbocycles. The Kier molecular flexibility index (Phi) is 6.03. The van der Waals surface area contributed by atoms with Crippen LogP contribution in [0.3, 0.4) is 0 Å². The van der Waals surface area contributed by atoms with E-state index >= 15 is 0 Å². The largest absolute Gasteiger partial charge is 0.376 e. The van der Waals surface area contributed by atoms with E-state index in [1.165, 1.54) is 0 Å². The second kappa shape index (κ2) is 9.11. The quantitative estimate of drug-likeness (QED) is 0.558. The third-order valence-electron chi connectivity index (χ3n) is 6.33. The van der Waals surface area contributed by atoms with Crippen LogP contribution in [-0.2, 0) is 14.6 Å². The summed E-state index contributed by atoms with van der Waals surface area (Å²) in [5, 5.41) is 4.76. The Bertz CT molecular complexity index is 1220. The molecule has 2 fully saturated rings. The number of rotatable bonds is 6. The number of para-hydroxylation sites is 1. The van der Waals surface area contributed by atoms with Gasteiger partial charge in [0.25, 0.3) is 5.91 Å². The summed E-state index contributed by atoms with van der Waals surface area (Å²) in [6, 6.07) is 20.7. The predicted octanol–water partition coefficient (Wildman–Crippen LogP) is 3.35. The highest BCUT2D eigenvalue weighted by molar-refractivity contribution is 7.91. The van der Waals surface area contributed by atoms with Crippen LogP contribution >= 0.6 is 0 Å². The lowest BCUT2D eigenvalue weighted by atomic mass is 10.1. The number of carbonyl (C=O) groups is 1. The van der Waals surface area contributed by atoms with Crippen molar-refractivity contribution in [2.24, 2.45) is 0 Å². The Morgan fingerprint density at radius 1 is 1.06 bits per heavy atom. The molecule has 0 aliphatic carbocycles. The van der Waals surface area contributed by atoms with Crippen LogP contribution < -0.4 is 0 Å². The molecule has 3 aromatic rings. The molecule has 2 saturated heterocycles. The third kappa shape index (κ3) is 4.72. The molecule has 2 aliphatic rings. The Hall–Kier alpha value is -2.97. The van der Waals surface area contributed by atoms with Crippen LogP contribution in [0.5, 0.6) is 0 Å². The van der Waals surface area contributed by atoms with Crippen molar-refractivity contribution in [3.63, 3.8) is 0 Å². The van der Waals surface area contributed by atoms with Crippen molar-refractivity contribution in [2.45, 2.75) is 31.4 Å². The minimum absolute atomic E-state index is 0.00350. The van der Waals surface area contributed by atoms with Gasteiger partial charge < -0.3 is 9.64 Å². The van der Waals surface area contributed by atoms with Crippen LogP contribution in [0.15, 0.2) is 66.7 Å². The highest BCUT2D eigenvalue weighted by Crippen LogP contribution is 2.27. The van der Waals surface area contributed by atoms with Gasteiger partial charge in [-0.15, -0.1) is 0 Å². The Morgan fingerprint density at radius 3 is 2.42 bits per heavy atom. The summed E-state index contributed by atoms with van der Waals surface area (Å²) in [4.78, 5) is 15.7. The average Bonchev–Trinajstić information content (AvgIpc) is 3.58. The van der Waals surface area contributed by atoms with Crippen LogP contribution in [0.25, 0.3) is 16.9 Å². The van der Waals surface area contributed by atoms with Gasteiger partial charge in [-0.3, -0.25) is 4.79 Å². The summed E-state index contributed by atoms with van der Waals surface area (Å²) in [6.45, 7) is 1.06. The predicted molar refractivity (Wildman–Crippen MR) is 126 cm³/mol. The van der Waals surface area contributed by atoms with Gasteiger partial charge in [-0.1, -0.05) is 48.5 Å². The van der Waals surface area contributed by atoms with Gasteiger partial charge >= 0.3 is 0 Å². The molecule has 7 nitrogen and oxygen atoms in total. The molecular weight excluding hydrogens is 438 g/mol. The number of ether oxygens (including phenoxy) is 1. The van der Waals surface area contributed by atoms with Gasteiger partial charge in [0, 0.05) is 24.8 Å². The topological polar surface area (TPSA) is 81.5 Å². The maximum atomic E-state index is 14.0. The van der Waals surface area contributed by atoms with Gasteiger partial charge in [-0.25, -0.2) is 13.1 Å². The van der Waals surface area contributed by atoms with Crippen LogP contribution in [0, 0.1) is 0 Å². The number of sulfone groups is 1. The molecule has 1 amide bonds. The minimum Gasteiger partial charge on any atom is -0.376 e. The smallest absolute Gasteiger partial charge is 0.272 e. The number of aromatic nitrogens is 2. The number of amides is 1. The maximum Gasteiger partial charge on any atom is 0.272 e. The monoisotopic (exact) mass is 465 g/mol. The zero-order valence-electron chi connectivity index (χ0n) is 18.3. The van der Waals surface area contributed by atoms with E-state index in [0.717, 1.165) is 24.1 Å². The van der Waals surface area contributed by atoms with E-state index in [2.05, 4.69) is 0 Å². The van der Waals surface area contributed by atoms with E-state index in [9.17, 15) is 13.2 Å². The SMILES string of the molecule is O=C(c1cc(-c2ccccc2)nn1-c1ccccc1)N(C[C@@H]1CCCO1)[C@@H]1CCS(=O)(=O)C1. The van der Waals surface area contributed by atoms with Gasteiger partial charge in [-0.05, 0) is 37.5 Å². The first-order chi connectivity index (χ1) is 16.0. The van der Waals surface area contributed by atoms with Crippen molar-refractivity contribution in [3.8, 4) is 16.9 Å². The molecule has 172 valence electrons. The van der Waals surface area contributed by atoms with E-state index < -0.39 is 9.84 Å². The summed E-state index contributed by atoms with van der Waals surface area (Å²) < 4.78 is 31.9. The minimum atomic E-state index is -3.15. The first-order valence-corrected chi connectivity index (χ1v) is 13.2. The third-order valence-corrected chi connectivity index (χ3v) is 8.08. The van der Waals surface area contributed by atoms with E-state index in [1.54, 1.807) is 15.6 Å². The van der Waals surface area contributed by atoms with Crippen molar-refractivity contribution < 1.29 is 17.9 Å². The van der Waals surface area contributed by atoms with Crippen molar-refractivity contribution in [1.82, 2.24) is 14.7 Å². The number of carbonyl (C=O) groups excluding carboxylic acids is 1. The van der Waals surface area contributed by atoms with Gasteiger partial charge in [0.05, 0.1) is 29.0 Å². The standard InChI is InChI=1S/C25H27N3O4S/c29-25(27(17-22-12-7-14-32-22)21-13-15-33(30,31)18-21)24-16-23(19-8-3-1-4-9-19)26-28(24)20-10-5-2-6-11-20/h1-6,8-11,16,21-22H,7,12-15,17-18H2/t21-,22+/m1/s1. The number of hydrogen-bond donors (Lipinski definition) is 0. The Balaban J connectivity index is 1.55. The normalized spacial score (nSPS) is 21.8.